The molecule has 3 amide bonds. The van der Waals surface area contributed by atoms with Crippen LogP contribution in [-0.4, -0.2) is 24.3 Å². The van der Waals surface area contributed by atoms with Crippen molar-refractivity contribution in [3.8, 4) is 5.75 Å². The van der Waals surface area contributed by atoms with E-state index in [4.69, 9.17) is 4.74 Å². The molecule has 1 fully saturated rings. The number of nitrogens with zero attached hydrogens (tertiary/aromatic N) is 1. The summed E-state index contributed by atoms with van der Waals surface area (Å²) in [5.74, 6) is -0.624. The summed E-state index contributed by atoms with van der Waals surface area (Å²) in [5, 5.41) is 4.01. The molecule has 0 aromatic heterocycles. The highest BCUT2D eigenvalue weighted by Crippen LogP contribution is 2.25. The maximum absolute atomic E-state index is 12.7. The van der Waals surface area contributed by atoms with Crippen LogP contribution in [0.3, 0.4) is 0 Å². The van der Waals surface area contributed by atoms with Crippen LogP contribution in [0.1, 0.15) is 11.1 Å². The summed E-state index contributed by atoms with van der Waals surface area (Å²) in [7, 11) is 0. The third-order valence-corrected chi connectivity index (χ3v) is 5.71. The van der Waals surface area contributed by atoms with Gasteiger partial charge in [0.2, 0.25) is 0 Å². The number of nitrogens with one attached hydrogen (secondary N) is 2. The van der Waals surface area contributed by atoms with Crippen LogP contribution in [0.4, 0.5) is 11.4 Å². The number of para-hydroxylation sites is 1. The fourth-order valence-corrected chi connectivity index (χ4v) is 3.88. The molecule has 3 aromatic rings. The number of carbonyl (C=O) groups excluding carboxylic acids is 3. The number of ether oxygens (including phenoxy) is 1. The highest BCUT2D eigenvalue weighted by Gasteiger charge is 2.34. The molecule has 8 heteroatoms. The van der Waals surface area contributed by atoms with Gasteiger partial charge in [0.25, 0.3) is 17.7 Å². The zero-order chi connectivity index (χ0) is 23.4. The molecule has 0 radical (unpaired) electrons. The van der Waals surface area contributed by atoms with Crippen LogP contribution in [0.2, 0.25) is 0 Å². The second-order valence-corrected chi connectivity index (χ2v) is 8.53. The summed E-state index contributed by atoms with van der Waals surface area (Å²) >= 11 is 2.09. The van der Waals surface area contributed by atoms with E-state index in [0.29, 0.717) is 22.7 Å². The van der Waals surface area contributed by atoms with E-state index >= 15 is 0 Å². The number of amides is 3. The van der Waals surface area contributed by atoms with E-state index in [1.165, 1.54) is 11.1 Å². The molecule has 0 atom stereocenters. The molecule has 1 heterocycles. The minimum atomic E-state index is -0.466. The van der Waals surface area contributed by atoms with Crippen LogP contribution < -0.4 is 20.5 Å². The number of anilines is 2. The summed E-state index contributed by atoms with van der Waals surface area (Å²) in [4.78, 5) is 37.2. The van der Waals surface area contributed by atoms with Gasteiger partial charge in [-0.25, -0.2) is 5.01 Å². The Hall–Kier alpha value is -3.66. The SMILES string of the molecule is Cc1ccc(NC(=O)COc2ccc(/C=C3/C(=O)NN(c4ccccc4)C3=O)cc2I)cc1. The topological polar surface area (TPSA) is 87.7 Å². The minimum Gasteiger partial charge on any atom is -0.483 e. The van der Waals surface area contributed by atoms with E-state index in [1.807, 2.05) is 37.3 Å². The molecule has 0 aliphatic carbocycles. The third-order valence-electron chi connectivity index (χ3n) is 4.87. The largest absolute Gasteiger partial charge is 0.483 e. The molecule has 3 aromatic carbocycles. The first-order valence-electron chi connectivity index (χ1n) is 10.1. The number of aryl methyl sites for hydroxylation is 1. The molecule has 1 saturated heterocycles. The van der Waals surface area contributed by atoms with Gasteiger partial charge < -0.3 is 10.1 Å². The summed E-state index contributed by atoms with van der Waals surface area (Å²) in [5.41, 5.74) is 5.69. The van der Waals surface area contributed by atoms with Gasteiger partial charge in [0.05, 0.1) is 9.26 Å². The van der Waals surface area contributed by atoms with E-state index in [9.17, 15) is 14.4 Å². The van der Waals surface area contributed by atoms with Gasteiger partial charge in [0.1, 0.15) is 11.3 Å². The zero-order valence-corrected chi connectivity index (χ0v) is 19.8. The third kappa shape index (κ3) is 5.40. The number of carbonyl (C=O) groups is 3. The van der Waals surface area contributed by atoms with Crippen molar-refractivity contribution < 1.29 is 19.1 Å². The fourth-order valence-electron chi connectivity index (χ4n) is 3.18. The number of hydrazine groups is 1. The average molecular weight is 553 g/mol. The second-order valence-electron chi connectivity index (χ2n) is 7.37. The molecule has 0 saturated carbocycles. The Kier molecular flexibility index (Phi) is 6.74. The number of hydrogen-bond acceptors (Lipinski definition) is 4. The van der Waals surface area contributed by atoms with Crippen molar-refractivity contribution in [1.82, 2.24) is 5.43 Å². The van der Waals surface area contributed by atoms with Gasteiger partial charge in [0.15, 0.2) is 6.61 Å². The highest BCUT2D eigenvalue weighted by molar-refractivity contribution is 14.1. The monoisotopic (exact) mass is 553 g/mol. The van der Waals surface area contributed by atoms with Gasteiger partial charge in [0, 0.05) is 5.69 Å². The van der Waals surface area contributed by atoms with Crippen molar-refractivity contribution >= 4 is 57.8 Å². The molecular weight excluding hydrogens is 533 g/mol. The Bertz CT molecular complexity index is 1240. The van der Waals surface area contributed by atoms with Crippen LogP contribution in [0.15, 0.2) is 78.4 Å². The first kappa shape index (κ1) is 22.5. The van der Waals surface area contributed by atoms with Crippen LogP contribution in [0, 0.1) is 10.5 Å². The Morgan fingerprint density at radius 1 is 1.06 bits per heavy atom. The maximum atomic E-state index is 12.7. The number of rotatable bonds is 6. The van der Waals surface area contributed by atoms with Crippen LogP contribution in [-0.2, 0) is 14.4 Å². The Morgan fingerprint density at radius 2 is 1.79 bits per heavy atom. The molecule has 2 N–H and O–H groups in total. The summed E-state index contributed by atoms with van der Waals surface area (Å²) in [6.45, 7) is 1.84. The van der Waals surface area contributed by atoms with Crippen molar-refractivity contribution in [3.63, 3.8) is 0 Å². The average Bonchev–Trinajstić information content (AvgIpc) is 3.09. The fraction of sp³-hybridized carbons (Fsp3) is 0.0800. The molecule has 1 aliphatic heterocycles. The van der Waals surface area contributed by atoms with Crippen LogP contribution >= 0.6 is 22.6 Å². The van der Waals surface area contributed by atoms with Gasteiger partial charge >= 0.3 is 0 Å². The molecule has 7 nitrogen and oxygen atoms in total. The lowest BCUT2D eigenvalue weighted by Crippen LogP contribution is -2.35. The lowest BCUT2D eigenvalue weighted by Gasteiger charge is -2.13. The Labute approximate surface area is 204 Å². The molecule has 0 spiro atoms. The quantitative estimate of drug-likeness (QED) is 0.274. The van der Waals surface area contributed by atoms with Crippen molar-refractivity contribution in [2.45, 2.75) is 6.92 Å². The molecule has 33 heavy (non-hydrogen) atoms. The van der Waals surface area contributed by atoms with Crippen LogP contribution in [0.5, 0.6) is 5.75 Å². The lowest BCUT2D eigenvalue weighted by molar-refractivity contribution is -0.118. The van der Waals surface area contributed by atoms with Gasteiger partial charge in [-0.2, -0.15) is 0 Å². The van der Waals surface area contributed by atoms with Gasteiger partial charge in [-0.1, -0.05) is 42.0 Å². The summed E-state index contributed by atoms with van der Waals surface area (Å²) < 4.78 is 6.39. The van der Waals surface area contributed by atoms with Gasteiger partial charge in [-0.3, -0.25) is 19.8 Å². The Morgan fingerprint density at radius 3 is 2.48 bits per heavy atom. The smallest absolute Gasteiger partial charge is 0.282 e. The molecule has 0 bridgehead atoms. The predicted molar refractivity (Wildman–Crippen MR) is 135 cm³/mol. The second kappa shape index (κ2) is 9.86. The van der Waals surface area contributed by atoms with E-state index in [2.05, 4.69) is 33.3 Å². The maximum Gasteiger partial charge on any atom is 0.282 e. The van der Waals surface area contributed by atoms with Crippen molar-refractivity contribution in [2.75, 3.05) is 16.9 Å². The highest BCUT2D eigenvalue weighted by atomic mass is 127. The van der Waals surface area contributed by atoms with E-state index in [1.54, 1.807) is 42.5 Å². The zero-order valence-electron chi connectivity index (χ0n) is 17.7. The van der Waals surface area contributed by atoms with Gasteiger partial charge in [-0.15, -0.1) is 0 Å². The Balaban J connectivity index is 1.41. The summed E-state index contributed by atoms with van der Waals surface area (Å²) in [6.07, 6.45) is 1.54. The van der Waals surface area contributed by atoms with Crippen molar-refractivity contribution in [1.29, 1.82) is 0 Å². The first-order chi connectivity index (χ1) is 15.9. The minimum absolute atomic E-state index is 0.0424. The van der Waals surface area contributed by atoms with Crippen molar-refractivity contribution in [3.05, 3.63) is 93.1 Å². The first-order valence-corrected chi connectivity index (χ1v) is 11.2. The lowest BCUT2D eigenvalue weighted by atomic mass is 10.1. The van der Waals surface area contributed by atoms with E-state index in [0.717, 1.165) is 9.13 Å². The molecule has 0 unspecified atom stereocenters. The normalized spacial score (nSPS) is 14.4. The van der Waals surface area contributed by atoms with Crippen LogP contribution in [0.25, 0.3) is 6.08 Å². The van der Waals surface area contributed by atoms with Crippen molar-refractivity contribution in [2.24, 2.45) is 0 Å². The van der Waals surface area contributed by atoms with Gasteiger partial charge in [-0.05, 0) is 77.6 Å². The number of halogens is 1. The summed E-state index contributed by atoms with van der Waals surface area (Å²) in [6, 6.07) is 21.6. The molecular formula is C25H20IN3O4. The number of hydrogen-bond donors (Lipinski definition) is 2. The molecule has 1 aliphatic rings. The standard InChI is InChI=1S/C25H20IN3O4/c1-16-7-10-18(11-8-16)27-23(30)15-33-22-12-9-17(14-21(22)26)13-20-24(31)28-29(25(20)32)19-5-3-2-4-6-19/h2-14H,15H2,1H3,(H,27,30)(H,28,31)/b20-13-. The molecule has 4 rings (SSSR count). The van der Waals surface area contributed by atoms with E-state index in [-0.39, 0.29) is 18.1 Å². The predicted octanol–water partition coefficient (Wildman–Crippen LogP) is 4.08. The molecule has 166 valence electrons. The van der Waals surface area contributed by atoms with E-state index < -0.39 is 11.8 Å². The number of benzene rings is 3.